The van der Waals surface area contributed by atoms with E-state index in [9.17, 15) is 5.11 Å². The van der Waals surface area contributed by atoms with Crippen LogP contribution in [-0.4, -0.2) is 61.3 Å². The van der Waals surface area contributed by atoms with Crippen LogP contribution in [0.15, 0.2) is 0 Å². The molecule has 98 valence electrons. The number of likely N-dealkylation sites (N-methyl/N-ethyl adjacent to an activating group) is 1. The first-order valence-corrected chi connectivity index (χ1v) is 6.47. The molecule has 0 fully saturated rings. The highest BCUT2D eigenvalue weighted by atomic mass is 16.3. The second kappa shape index (κ2) is 8.97. The summed E-state index contributed by atoms with van der Waals surface area (Å²) in [4.78, 5) is 4.73. The normalized spacial score (nSPS) is 14.1. The van der Waals surface area contributed by atoms with Crippen molar-refractivity contribution in [3.05, 3.63) is 0 Å². The van der Waals surface area contributed by atoms with Crippen LogP contribution in [0, 0.1) is 5.92 Å². The lowest BCUT2D eigenvalue weighted by atomic mass is 10.1. The maximum atomic E-state index is 9.24. The van der Waals surface area contributed by atoms with Crippen molar-refractivity contribution in [3.8, 4) is 0 Å². The van der Waals surface area contributed by atoms with Gasteiger partial charge in [0.1, 0.15) is 0 Å². The molecule has 0 saturated heterocycles. The molecule has 1 atom stereocenters. The summed E-state index contributed by atoms with van der Waals surface area (Å²) >= 11 is 0. The van der Waals surface area contributed by atoms with E-state index in [0.717, 1.165) is 39.0 Å². The fourth-order valence-electron chi connectivity index (χ4n) is 1.76. The van der Waals surface area contributed by atoms with E-state index in [2.05, 4.69) is 37.7 Å². The predicted molar refractivity (Wildman–Crippen MR) is 70.7 cm³/mol. The number of aliphatic hydroxyl groups excluding tert-OH is 1. The lowest BCUT2D eigenvalue weighted by molar-refractivity contribution is 0.163. The highest BCUT2D eigenvalue weighted by Gasteiger charge is 2.08. The zero-order valence-electron chi connectivity index (χ0n) is 11.7. The summed E-state index contributed by atoms with van der Waals surface area (Å²) in [6.45, 7) is 10.9. The lowest BCUT2D eigenvalue weighted by Gasteiger charge is -2.26. The van der Waals surface area contributed by atoms with E-state index in [-0.39, 0.29) is 6.10 Å². The Hall–Kier alpha value is -0.120. The predicted octanol–water partition coefficient (Wildman–Crippen LogP) is 1.67. The van der Waals surface area contributed by atoms with Crippen LogP contribution >= 0.6 is 0 Å². The molecule has 0 aromatic rings. The molecule has 0 aliphatic carbocycles. The van der Waals surface area contributed by atoms with E-state index >= 15 is 0 Å². The molecule has 0 aliphatic heterocycles. The minimum Gasteiger partial charge on any atom is -0.393 e. The molecular weight excluding hydrogens is 200 g/mol. The van der Waals surface area contributed by atoms with E-state index in [0.29, 0.717) is 5.92 Å². The second-order valence-electron chi connectivity index (χ2n) is 5.49. The third-order valence-corrected chi connectivity index (χ3v) is 2.58. The molecule has 0 heterocycles. The van der Waals surface area contributed by atoms with Gasteiger partial charge < -0.3 is 14.9 Å². The van der Waals surface area contributed by atoms with Crippen molar-refractivity contribution in [2.75, 3.05) is 40.3 Å². The molecule has 0 aromatic carbocycles. The van der Waals surface area contributed by atoms with Gasteiger partial charge in [0.15, 0.2) is 0 Å². The summed E-state index contributed by atoms with van der Waals surface area (Å²) in [5.41, 5.74) is 0. The van der Waals surface area contributed by atoms with Crippen LogP contribution in [0.2, 0.25) is 0 Å². The summed E-state index contributed by atoms with van der Waals surface area (Å²) < 4.78 is 0. The maximum absolute atomic E-state index is 9.24. The smallest absolute Gasteiger partial charge is 0.0512 e. The molecule has 0 rings (SSSR count). The number of nitrogens with zero attached hydrogens (tertiary/aromatic N) is 2. The standard InChI is InChI=1S/C13H30N2O/c1-12(2)11-15(10-9-14(4)5)8-6-7-13(3)16/h12-13,16H,6-11H2,1-5H3. The highest BCUT2D eigenvalue weighted by molar-refractivity contribution is 4.63. The summed E-state index contributed by atoms with van der Waals surface area (Å²) in [5, 5.41) is 9.24. The van der Waals surface area contributed by atoms with Crippen molar-refractivity contribution in [2.24, 2.45) is 5.92 Å². The van der Waals surface area contributed by atoms with Crippen LogP contribution in [0.1, 0.15) is 33.6 Å². The molecule has 0 aliphatic rings. The first-order chi connectivity index (χ1) is 7.41. The van der Waals surface area contributed by atoms with E-state index < -0.39 is 0 Å². The van der Waals surface area contributed by atoms with Gasteiger partial charge in [0.25, 0.3) is 0 Å². The number of rotatable bonds is 9. The molecule has 0 amide bonds. The van der Waals surface area contributed by atoms with Gasteiger partial charge in [-0.2, -0.15) is 0 Å². The summed E-state index contributed by atoms with van der Waals surface area (Å²) in [6, 6.07) is 0. The van der Waals surface area contributed by atoms with Crippen molar-refractivity contribution >= 4 is 0 Å². The van der Waals surface area contributed by atoms with Gasteiger partial charge in [-0.15, -0.1) is 0 Å². The van der Waals surface area contributed by atoms with Crippen molar-refractivity contribution in [1.29, 1.82) is 0 Å². The van der Waals surface area contributed by atoms with E-state index in [1.807, 2.05) is 6.92 Å². The van der Waals surface area contributed by atoms with Crippen LogP contribution < -0.4 is 0 Å². The maximum Gasteiger partial charge on any atom is 0.0512 e. The number of aliphatic hydroxyl groups is 1. The Balaban J connectivity index is 3.81. The van der Waals surface area contributed by atoms with Crippen LogP contribution in [0.5, 0.6) is 0 Å². The van der Waals surface area contributed by atoms with Crippen LogP contribution in [0.3, 0.4) is 0 Å². The monoisotopic (exact) mass is 230 g/mol. The molecule has 3 heteroatoms. The lowest BCUT2D eigenvalue weighted by Crippen LogP contribution is -2.35. The Morgan fingerprint density at radius 2 is 1.62 bits per heavy atom. The van der Waals surface area contributed by atoms with E-state index in [4.69, 9.17) is 0 Å². The first-order valence-electron chi connectivity index (χ1n) is 6.47. The fourth-order valence-corrected chi connectivity index (χ4v) is 1.76. The molecule has 1 unspecified atom stereocenters. The third-order valence-electron chi connectivity index (χ3n) is 2.58. The molecule has 1 N–H and O–H groups in total. The van der Waals surface area contributed by atoms with Gasteiger partial charge in [-0.1, -0.05) is 13.8 Å². The minimum atomic E-state index is -0.158. The molecule has 0 spiro atoms. The van der Waals surface area contributed by atoms with Crippen molar-refractivity contribution in [1.82, 2.24) is 9.80 Å². The third kappa shape index (κ3) is 10.4. The Morgan fingerprint density at radius 1 is 1.00 bits per heavy atom. The van der Waals surface area contributed by atoms with Crippen molar-refractivity contribution in [2.45, 2.75) is 39.7 Å². The second-order valence-corrected chi connectivity index (χ2v) is 5.49. The van der Waals surface area contributed by atoms with Gasteiger partial charge in [0, 0.05) is 19.6 Å². The van der Waals surface area contributed by atoms with Crippen molar-refractivity contribution in [3.63, 3.8) is 0 Å². The van der Waals surface area contributed by atoms with Gasteiger partial charge in [0.2, 0.25) is 0 Å². The number of hydrogen-bond donors (Lipinski definition) is 1. The summed E-state index contributed by atoms with van der Waals surface area (Å²) in [5.74, 6) is 0.716. The zero-order chi connectivity index (χ0) is 12.6. The van der Waals surface area contributed by atoms with Gasteiger partial charge in [-0.3, -0.25) is 0 Å². The highest BCUT2D eigenvalue weighted by Crippen LogP contribution is 2.03. The Bertz CT molecular complexity index is 158. The average Bonchev–Trinajstić information content (AvgIpc) is 2.12. The average molecular weight is 230 g/mol. The molecule has 0 bridgehead atoms. The Morgan fingerprint density at radius 3 is 2.06 bits per heavy atom. The SMILES string of the molecule is CC(C)CN(CCCC(C)O)CCN(C)C. The fraction of sp³-hybridized carbons (Fsp3) is 1.00. The Kier molecular flexibility index (Phi) is 8.90. The molecular formula is C13H30N2O. The Labute approximate surface area is 101 Å². The van der Waals surface area contributed by atoms with Gasteiger partial charge >= 0.3 is 0 Å². The van der Waals surface area contributed by atoms with Crippen molar-refractivity contribution < 1.29 is 5.11 Å². The molecule has 0 saturated carbocycles. The van der Waals surface area contributed by atoms with Crippen LogP contribution in [0.4, 0.5) is 0 Å². The van der Waals surface area contributed by atoms with Gasteiger partial charge in [-0.05, 0) is 46.3 Å². The van der Waals surface area contributed by atoms with E-state index in [1.54, 1.807) is 0 Å². The molecule has 0 radical (unpaired) electrons. The molecule has 16 heavy (non-hydrogen) atoms. The number of hydrogen-bond acceptors (Lipinski definition) is 3. The van der Waals surface area contributed by atoms with Crippen LogP contribution in [-0.2, 0) is 0 Å². The molecule has 0 aromatic heterocycles. The first kappa shape index (κ1) is 15.9. The van der Waals surface area contributed by atoms with Crippen LogP contribution in [0.25, 0.3) is 0 Å². The molecule has 3 nitrogen and oxygen atoms in total. The topological polar surface area (TPSA) is 26.7 Å². The van der Waals surface area contributed by atoms with Gasteiger partial charge in [-0.25, -0.2) is 0 Å². The quantitative estimate of drug-likeness (QED) is 0.653. The summed E-state index contributed by atoms with van der Waals surface area (Å²) in [7, 11) is 4.23. The minimum absolute atomic E-state index is 0.158. The zero-order valence-corrected chi connectivity index (χ0v) is 11.7. The van der Waals surface area contributed by atoms with E-state index in [1.165, 1.54) is 0 Å². The largest absolute Gasteiger partial charge is 0.393 e. The van der Waals surface area contributed by atoms with Gasteiger partial charge in [0.05, 0.1) is 6.10 Å². The summed E-state index contributed by atoms with van der Waals surface area (Å²) in [6.07, 6.45) is 1.85.